The summed E-state index contributed by atoms with van der Waals surface area (Å²) in [5.41, 5.74) is 2.66. The molecule has 0 spiro atoms. The predicted octanol–water partition coefficient (Wildman–Crippen LogP) is 4.91. The summed E-state index contributed by atoms with van der Waals surface area (Å²) in [7, 11) is 0. The molecule has 0 N–H and O–H groups in total. The van der Waals surface area contributed by atoms with E-state index in [1.807, 2.05) is 30.3 Å². The fraction of sp³-hybridized carbons (Fsp3) is 0.211. The molecule has 0 aliphatic heterocycles. The molecule has 0 heterocycles. The van der Waals surface area contributed by atoms with Gasteiger partial charge in [0.1, 0.15) is 0 Å². The summed E-state index contributed by atoms with van der Waals surface area (Å²) in [4.78, 5) is 14.7. The molecule has 2 aromatic carbocycles. The summed E-state index contributed by atoms with van der Waals surface area (Å²) in [5, 5.41) is 0.632. The summed E-state index contributed by atoms with van der Waals surface area (Å²) in [6.45, 7) is 4.71. The lowest BCUT2D eigenvalue weighted by Gasteiger charge is -2.25. The maximum Gasteiger partial charge on any atom is 0.258 e. The van der Waals surface area contributed by atoms with Gasteiger partial charge in [-0.1, -0.05) is 48.5 Å². The van der Waals surface area contributed by atoms with Crippen molar-refractivity contribution < 1.29 is 4.79 Å². The average molecular weight is 312 g/mol. The molecule has 0 saturated heterocycles. The Kier molecular flexibility index (Phi) is 4.30. The molecule has 2 aromatic rings. The van der Waals surface area contributed by atoms with Gasteiger partial charge in [0.05, 0.1) is 6.54 Å². The van der Waals surface area contributed by atoms with E-state index in [-0.39, 0.29) is 5.91 Å². The maximum absolute atomic E-state index is 12.9. The molecule has 0 radical (unpaired) electrons. The van der Waals surface area contributed by atoms with Gasteiger partial charge in [0.25, 0.3) is 5.91 Å². The third-order valence-corrected chi connectivity index (χ3v) is 4.17. The molecule has 3 rings (SSSR count). The Labute approximate surface area is 136 Å². The first-order valence-electron chi connectivity index (χ1n) is 7.45. The molecule has 1 amide bonds. The van der Waals surface area contributed by atoms with Crippen molar-refractivity contribution in [2.45, 2.75) is 19.4 Å². The minimum Gasteiger partial charge on any atom is -0.308 e. The lowest BCUT2D eigenvalue weighted by atomic mass is 10.1. The van der Waals surface area contributed by atoms with Gasteiger partial charge >= 0.3 is 0 Å². The monoisotopic (exact) mass is 311 g/mol. The second-order valence-corrected chi connectivity index (χ2v) is 6.09. The van der Waals surface area contributed by atoms with Gasteiger partial charge in [0.15, 0.2) is 0 Å². The van der Waals surface area contributed by atoms with Crippen molar-refractivity contribution in [3.63, 3.8) is 0 Å². The van der Waals surface area contributed by atoms with E-state index >= 15 is 0 Å². The molecule has 2 nitrogen and oxygen atoms in total. The molecule has 3 heteroatoms. The molecule has 0 bridgehead atoms. The Morgan fingerprint density at radius 3 is 2.32 bits per heavy atom. The lowest BCUT2D eigenvalue weighted by Crippen LogP contribution is -2.30. The van der Waals surface area contributed by atoms with Crippen molar-refractivity contribution in [1.29, 1.82) is 0 Å². The van der Waals surface area contributed by atoms with Crippen LogP contribution in [0.1, 0.15) is 28.8 Å². The third kappa shape index (κ3) is 3.40. The largest absolute Gasteiger partial charge is 0.308 e. The highest BCUT2D eigenvalue weighted by Crippen LogP contribution is 2.38. The van der Waals surface area contributed by atoms with E-state index < -0.39 is 0 Å². The minimum atomic E-state index is -0.0163. The molecule has 1 aliphatic rings. The number of amides is 1. The highest BCUT2D eigenvalue weighted by Gasteiger charge is 2.31. The first-order valence-corrected chi connectivity index (χ1v) is 7.83. The number of carbonyl (C=O) groups excluding carboxylic acids is 1. The van der Waals surface area contributed by atoms with Gasteiger partial charge in [-0.05, 0) is 48.6 Å². The van der Waals surface area contributed by atoms with E-state index in [1.54, 1.807) is 29.2 Å². The van der Waals surface area contributed by atoms with Crippen LogP contribution in [0, 0.1) is 5.92 Å². The number of halogens is 1. The summed E-state index contributed by atoms with van der Waals surface area (Å²) < 4.78 is 0. The number of hydrogen-bond acceptors (Lipinski definition) is 1. The number of nitrogens with zero attached hydrogens (tertiary/aromatic N) is 1. The maximum atomic E-state index is 12.9. The van der Waals surface area contributed by atoms with Crippen LogP contribution in [-0.2, 0) is 6.54 Å². The molecule has 0 aromatic heterocycles. The van der Waals surface area contributed by atoms with Gasteiger partial charge in [0, 0.05) is 16.3 Å². The standard InChI is InChI=1S/C19H18ClNO/c1-14(16-7-8-16)21(13-15-5-3-2-4-6-15)19(22)17-9-11-18(20)12-10-17/h2-6,9-12,16H,1,7-8,13H2. The van der Waals surface area contributed by atoms with Crippen molar-refractivity contribution in [2.24, 2.45) is 5.92 Å². The zero-order chi connectivity index (χ0) is 15.5. The van der Waals surface area contributed by atoms with E-state index in [9.17, 15) is 4.79 Å². The highest BCUT2D eigenvalue weighted by atomic mass is 35.5. The molecule has 112 valence electrons. The molecule has 1 saturated carbocycles. The Bertz CT molecular complexity index is 674. The minimum absolute atomic E-state index is 0.0163. The average Bonchev–Trinajstić information content (AvgIpc) is 3.38. The van der Waals surface area contributed by atoms with Crippen LogP contribution in [0.5, 0.6) is 0 Å². The topological polar surface area (TPSA) is 20.3 Å². The van der Waals surface area contributed by atoms with E-state index in [4.69, 9.17) is 11.6 Å². The van der Waals surface area contributed by atoms with E-state index in [0.29, 0.717) is 23.0 Å². The van der Waals surface area contributed by atoms with Crippen LogP contribution in [-0.4, -0.2) is 10.8 Å². The SMILES string of the molecule is C=C(C1CC1)N(Cc1ccccc1)C(=O)c1ccc(Cl)cc1. The van der Waals surface area contributed by atoms with Gasteiger partial charge in [-0.2, -0.15) is 0 Å². The van der Waals surface area contributed by atoms with Crippen molar-refractivity contribution in [3.05, 3.63) is 83.0 Å². The van der Waals surface area contributed by atoms with Crippen LogP contribution in [0.3, 0.4) is 0 Å². The fourth-order valence-corrected chi connectivity index (χ4v) is 2.58. The third-order valence-electron chi connectivity index (χ3n) is 3.92. The summed E-state index contributed by atoms with van der Waals surface area (Å²) >= 11 is 5.91. The summed E-state index contributed by atoms with van der Waals surface area (Å²) in [6, 6.07) is 17.0. The van der Waals surface area contributed by atoms with Gasteiger partial charge in [-0.25, -0.2) is 0 Å². The molecule has 0 unspecified atom stereocenters. The molecule has 1 aliphatic carbocycles. The fourth-order valence-electron chi connectivity index (χ4n) is 2.46. The summed E-state index contributed by atoms with van der Waals surface area (Å²) in [6.07, 6.45) is 2.25. The molecular weight excluding hydrogens is 294 g/mol. The lowest BCUT2D eigenvalue weighted by molar-refractivity contribution is 0.0789. The van der Waals surface area contributed by atoms with Gasteiger partial charge < -0.3 is 4.90 Å². The Morgan fingerprint density at radius 2 is 1.73 bits per heavy atom. The van der Waals surface area contributed by atoms with Crippen molar-refractivity contribution in [1.82, 2.24) is 4.90 Å². The number of allylic oxidation sites excluding steroid dienone is 1. The van der Waals surface area contributed by atoms with Gasteiger partial charge in [-0.15, -0.1) is 0 Å². The molecular formula is C19H18ClNO. The molecule has 22 heavy (non-hydrogen) atoms. The molecule has 1 fully saturated rings. The smallest absolute Gasteiger partial charge is 0.258 e. The predicted molar refractivity (Wildman–Crippen MR) is 89.6 cm³/mol. The molecule has 0 atom stereocenters. The van der Waals surface area contributed by atoms with Crippen LogP contribution in [0.2, 0.25) is 5.02 Å². The quantitative estimate of drug-likeness (QED) is 0.768. The zero-order valence-corrected chi connectivity index (χ0v) is 13.1. The first-order chi connectivity index (χ1) is 10.6. The zero-order valence-electron chi connectivity index (χ0n) is 12.3. The van der Waals surface area contributed by atoms with E-state index in [2.05, 4.69) is 6.58 Å². The first kappa shape index (κ1) is 14.9. The Balaban J connectivity index is 1.85. The van der Waals surface area contributed by atoms with Crippen LogP contribution in [0.4, 0.5) is 0 Å². The number of rotatable bonds is 5. The number of carbonyl (C=O) groups is 1. The second-order valence-electron chi connectivity index (χ2n) is 5.65. The Morgan fingerprint density at radius 1 is 1.09 bits per heavy atom. The second kappa shape index (κ2) is 6.37. The van der Waals surface area contributed by atoms with Crippen molar-refractivity contribution in [2.75, 3.05) is 0 Å². The highest BCUT2D eigenvalue weighted by molar-refractivity contribution is 6.30. The van der Waals surface area contributed by atoms with Gasteiger partial charge in [0.2, 0.25) is 0 Å². The number of benzene rings is 2. The Hall–Kier alpha value is -2.06. The summed E-state index contributed by atoms with van der Waals surface area (Å²) in [5.74, 6) is 0.428. The van der Waals surface area contributed by atoms with Crippen molar-refractivity contribution >= 4 is 17.5 Å². The number of hydrogen-bond donors (Lipinski definition) is 0. The van der Waals surface area contributed by atoms with Crippen LogP contribution < -0.4 is 0 Å². The van der Waals surface area contributed by atoms with Gasteiger partial charge in [-0.3, -0.25) is 4.79 Å². The van der Waals surface area contributed by atoms with Crippen LogP contribution in [0.25, 0.3) is 0 Å². The van der Waals surface area contributed by atoms with Crippen LogP contribution >= 0.6 is 11.6 Å². The van der Waals surface area contributed by atoms with Crippen molar-refractivity contribution in [3.8, 4) is 0 Å². The van der Waals surface area contributed by atoms with E-state index in [1.165, 1.54) is 0 Å². The normalized spacial score (nSPS) is 13.7. The van der Waals surface area contributed by atoms with E-state index in [0.717, 1.165) is 24.1 Å². The van der Waals surface area contributed by atoms with Crippen LogP contribution in [0.15, 0.2) is 66.9 Å².